The summed E-state index contributed by atoms with van der Waals surface area (Å²) in [5, 5.41) is 12.1. The van der Waals surface area contributed by atoms with Gasteiger partial charge in [0.05, 0.1) is 8.07 Å². The number of benzene rings is 1. The average molecular weight is 265 g/mol. The molecule has 0 aliphatic carbocycles. The molecule has 2 N–H and O–H groups in total. The summed E-state index contributed by atoms with van der Waals surface area (Å²) < 4.78 is 0. The minimum atomic E-state index is -1.41. The number of nitrogens with one attached hydrogen (secondary N) is 1. The van der Waals surface area contributed by atoms with Crippen molar-refractivity contribution in [2.75, 3.05) is 5.32 Å². The molecular formula is C14H23NO2Si. The van der Waals surface area contributed by atoms with E-state index in [0.717, 1.165) is 23.8 Å². The summed E-state index contributed by atoms with van der Waals surface area (Å²) in [5.41, 5.74) is 0.754. The first-order valence-electron chi connectivity index (χ1n) is 6.64. The number of phenolic OH excluding ortho intramolecular Hbond substituents is 1. The van der Waals surface area contributed by atoms with Crippen molar-refractivity contribution >= 4 is 19.7 Å². The van der Waals surface area contributed by atoms with Crippen LogP contribution in [0.4, 0.5) is 5.69 Å². The third-order valence-electron chi connectivity index (χ3n) is 3.94. The van der Waals surface area contributed by atoms with E-state index in [0.29, 0.717) is 6.04 Å². The number of aromatic hydroxyl groups is 1. The molecule has 1 amide bonds. The lowest BCUT2D eigenvalue weighted by molar-refractivity contribution is -0.114. The molecule has 100 valence electrons. The zero-order chi connectivity index (χ0) is 13.6. The van der Waals surface area contributed by atoms with Crippen LogP contribution in [0.15, 0.2) is 24.3 Å². The van der Waals surface area contributed by atoms with E-state index in [4.69, 9.17) is 0 Å². The smallest absolute Gasteiger partial charge is 0.221 e. The number of hydrogen-bond donors (Lipinski definition) is 2. The molecule has 0 spiro atoms. The third kappa shape index (κ3) is 3.87. The van der Waals surface area contributed by atoms with Crippen molar-refractivity contribution in [2.24, 2.45) is 0 Å². The Bertz CT molecular complexity index is 377. The molecule has 0 saturated carbocycles. The van der Waals surface area contributed by atoms with E-state index in [1.807, 2.05) is 0 Å². The van der Waals surface area contributed by atoms with Gasteiger partial charge in [0, 0.05) is 11.7 Å². The molecule has 1 aromatic carbocycles. The molecule has 0 aliphatic heterocycles. The van der Waals surface area contributed by atoms with Crippen molar-refractivity contribution in [3.05, 3.63) is 24.3 Å². The zero-order valence-electron chi connectivity index (χ0n) is 11.5. The monoisotopic (exact) mass is 265 g/mol. The minimum Gasteiger partial charge on any atom is -0.508 e. The number of rotatable bonds is 6. The van der Waals surface area contributed by atoms with Crippen LogP contribution in [0.3, 0.4) is 0 Å². The van der Waals surface area contributed by atoms with Crippen molar-refractivity contribution in [3.8, 4) is 5.75 Å². The SMILES string of the molecule is CC[Si](CC)(CC)CC(=O)Nc1ccc(O)cc1. The predicted molar refractivity (Wildman–Crippen MR) is 78.7 cm³/mol. The lowest BCUT2D eigenvalue weighted by Gasteiger charge is -2.27. The zero-order valence-corrected chi connectivity index (χ0v) is 12.5. The van der Waals surface area contributed by atoms with E-state index in [1.54, 1.807) is 24.3 Å². The Labute approximate surface area is 110 Å². The second-order valence-electron chi connectivity index (χ2n) is 4.83. The van der Waals surface area contributed by atoms with Crippen molar-refractivity contribution in [3.63, 3.8) is 0 Å². The van der Waals surface area contributed by atoms with Crippen molar-refractivity contribution in [2.45, 2.75) is 44.9 Å². The predicted octanol–water partition coefficient (Wildman–Crippen LogP) is 3.84. The Balaban J connectivity index is 2.63. The fourth-order valence-electron chi connectivity index (χ4n) is 2.22. The number of carbonyl (C=O) groups excluding carboxylic acids is 1. The van der Waals surface area contributed by atoms with Crippen molar-refractivity contribution < 1.29 is 9.90 Å². The quantitative estimate of drug-likeness (QED) is 0.606. The molecule has 0 unspecified atom stereocenters. The molecule has 0 atom stereocenters. The summed E-state index contributed by atoms with van der Waals surface area (Å²) in [6.07, 6.45) is 0. The lowest BCUT2D eigenvalue weighted by atomic mass is 10.3. The Morgan fingerprint density at radius 1 is 1.11 bits per heavy atom. The molecule has 0 bridgehead atoms. The average Bonchev–Trinajstić information content (AvgIpc) is 2.39. The molecular weight excluding hydrogens is 242 g/mol. The molecule has 0 fully saturated rings. The summed E-state index contributed by atoms with van der Waals surface area (Å²) in [5.74, 6) is 0.324. The number of phenols is 1. The first-order valence-corrected chi connectivity index (χ1v) is 9.47. The van der Waals surface area contributed by atoms with Crippen LogP contribution in [0.2, 0.25) is 24.2 Å². The van der Waals surface area contributed by atoms with Gasteiger partial charge in [-0.3, -0.25) is 4.79 Å². The standard InChI is InChI=1S/C14H23NO2Si/c1-4-18(5-2,6-3)11-14(17)15-12-7-9-13(16)10-8-12/h7-10,16H,4-6,11H2,1-3H3,(H,15,17). The molecule has 18 heavy (non-hydrogen) atoms. The van der Waals surface area contributed by atoms with Crippen LogP contribution in [-0.2, 0) is 4.79 Å². The Hall–Kier alpha value is -1.29. The maximum atomic E-state index is 12.1. The van der Waals surface area contributed by atoms with Crippen LogP contribution in [-0.4, -0.2) is 19.1 Å². The summed E-state index contributed by atoms with van der Waals surface area (Å²) >= 11 is 0. The normalized spacial score (nSPS) is 11.3. The highest BCUT2D eigenvalue weighted by Crippen LogP contribution is 2.25. The van der Waals surface area contributed by atoms with Crippen LogP contribution in [0.5, 0.6) is 5.75 Å². The third-order valence-corrected chi connectivity index (χ3v) is 9.51. The van der Waals surface area contributed by atoms with Gasteiger partial charge in [0.25, 0.3) is 0 Å². The minimum absolute atomic E-state index is 0.109. The highest BCUT2D eigenvalue weighted by Gasteiger charge is 2.29. The molecule has 0 radical (unpaired) electrons. The molecule has 1 aromatic rings. The second-order valence-corrected chi connectivity index (χ2v) is 10.3. The van der Waals surface area contributed by atoms with Crippen LogP contribution in [0.25, 0.3) is 0 Å². The topological polar surface area (TPSA) is 49.3 Å². The highest BCUT2D eigenvalue weighted by atomic mass is 28.3. The van der Waals surface area contributed by atoms with Crippen LogP contribution in [0.1, 0.15) is 20.8 Å². The van der Waals surface area contributed by atoms with E-state index < -0.39 is 8.07 Å². The van der Waals surface area contributed by atoms with E-state index in [1.165, 1.54) is 0 Å². The first kappa shape index (κ1) is 14.8. The van der Waals surface area contributed by atoms with E-state index >= 15 is 0 Å². The maximum Gasteiger partial charge on any atom is 0.221 e. The molecule has 0 saturated heterocycles. The molecule has 0 aliphatic rings. The van der Waals surface area contributed by atoms with E-state index in [9.17, 15) is 9.90 Å². The maximum absolute atomic E-state index is 12.1. The van der Waals surface area contributed by atoms with E-state index in [2.05, 4.69) is 26.1 Å². The van der Waals surface area contributed by atoms with Crippen molar-refractivity contribution in [1.82, 2.24) is 0 Å². The van der Waals surface area contributed by atoms with Crippen molar-refractivity contribution in [1.29, 1.82) is 0 Å². The number of amides is 1. The van der Waals surface area contributed by atoms with Gasteiger partial charge in [-0.05, 0) is 24.3 Å². The van der Waals surface area contributed by atoms with Crippen LogP contribution in [0, 0.1) is 0 Å². The molecule has 0 heterocycles. The molecule has 3 nitrogen and oxygen atoms in total. The number of hydrogen-bond acceptors (Lipinski definition) is 2. The van der Waals surface area contributed by atoms with Gasteiger partial charge in [-0.2, -0.15) is 0 Å². The van der Waals surface area contributed by atoms with Gasteiger partial charge in [0.1, 0.15) is 5.75 Å². The summed E-state index contributed by atoms with van der Waals surface area (Å²) in [7, 11) is -1.41. The van der Waals surface area contributed by atoms with Crippen LogP contribution >= 0.6 is 0 Å². The first-order chi connectivity index (χ1) is 8.55. The van der Waals surface area contributed by atoms with Crippen LogP contribution < -0.4 is 5.32 Å². The van der Waals surface area contributed by atoms with Gasteiger partial charge in [-0.1, -0.05) is 38.9 Å². The Morgan fingerprint density at radius 2 is 1.61 bits per heavy atom. The number of anilines is 1. The fraction of sp³-hybridized carbons (Fsp3) is 0.500. The summed E-state index contributed by atoms with van der Waals surface area (Å²) in [6.45, 7) is 6.60. The van der Waals surface area contributed by atoms with Gasteiger partial charge >= 0.3 is 0 Å². The van der Waals surface area contributed by atoms with E-state index in [-0.39, 0.29) is 11.7 Å². The Morgan fingerprint density at radius 3 is 2.06 bits per heavy atom. The van der Waals surface area contributed by atoms with Gasteiger partial charge in [-0.15, -0.1) is 0 Å². The lowest BCUT2D eigenvalue weighted by Crippen LogP contribution is -2.35. The number of carbonyl (C=O) groups is 1. The molecule has 1 rings (SSSR count). The van der Waals surface area contributed by atoms with Gasteiger partial charge < -0.3 is 10.4 Å². The summed E-state index contributed by atoms with van der Waals surface area (Å²) in [4.78, 5) is 12.1. The van der Waals surface area contributed by atoms with Gasteiger partial charge in [-0.25, -0.2) is 0 Å². The highest BCUT2D eigenvalue weighted by molar-refractivity contribution is 6.82. The van der Waals surface area contributed by atoms with Gasteiger partial charge in [0.2, 0.25) is 5.91 Å². The summed E-state index contributed by atoms with van der Waals surface area (Å²) in [6, 6.07) is 10.8. The Kier molecular flexibility index (Phi) is 5.41. The molecule has 4 heteroatoms. The fourth-order valence-corrected chi connectivity index (χ4v) is 5.24. The van der Waals surface area contributed by atoms with Gasteiger partial charge in [0.15, 0.2) is 0 Å². The largest absolute Gasteiger partial charge is 0.508 e. The molecule has 0 aromatic heterocycles. The second kappa shape index (κ2) is 6.59.